The Morgan fingerprint density at radius 3 is 2.68 bits per heavy atom. The van der Waals surface area contributed by atoms with Crippen molar-refractivity contribution in [3.05, 3.63) is 53.3 Å². The molecule has 0 aliphatic rings. The van der Waals surface area contributed by atoms with Crippen LogP contribution >= 0.6 is 11.3 Å². The topological polar surface area (TPSA) is 98.3 Å². The summed E-state index contributed by atoms with van der Waals surface area (Å²) in [5.41, 5.74) is 1.76. The van der Waals surface area contributed by atoms with Gasteiger partial charge in [0.1, 0.15) is 0 Å². The van der Waals surface area contributed by atoms with Crippen molar-refractivity contribution in [1.29, 1.82) is 0 Å². The molecule has 146 valence electrons. The number of carbonyl (C=O) groups excluding carboxylic acids is 1. The average Bonchev–Trinajstić information content (AvgIpc) is 3.15. The van der Waals surface area contributed by atoms with Crippen LogP contribution in [0.25, 0.3) is 0 Å². The number of aromatic nitrogens is 3. The number of hydrogen-bond donors (Lipinski definition) is 2. The smallest absolute Gasteiger partial charge is 0.228 e. The van der Waals surface area contributed by atoms with Crippen LogP contribution in [0, 0.1) is 0 Å². The van der Waals surface area contributed by atoms with E-state index in [4.69, 9.17) is 9.47 Å². The number of amides is 1. The van der Waals surface area contributed by atoms with E-state index in [-0.39, 0.29) is 12.3 Å². The largest absolute Gasteiger partial charge is 0.493 e. The molecule has 8 nitrogen and oxygen atoms in total. The summed E-state index contributed by atoms with van der Waals surface area (Å²) in [7, 11) is 3.20. The summed E-state index contributed by atoms with van der Waals surface area (Å²) in [5, 5.41) is 8.43. The van der Waals surface area contributed by atoms with Crippen LogP contribution < -0.4 is 20.1 Å². The van der Waals surface area contributed by atoms with E-state index < -0.39 is 0 Å². The lowest BCUT2D eigenvalue weighted by molar-refractivity contribution is -0.120. The van der Waals surface area contributed by atoms with Gasteiger partial charge in [-0.05, 0) is 30.2 Å². The number of ether oxygens (including phenoxy) is 2. The third-order valence-corrected chi connectivity index (χ3v) is 4.67. The van der Waals surface area contributed by atoms with Crippen LogP contribution in [-0.4, -0.2) is 41.6 Å². The molecule has 3 aromatic rings. The van der Waals surface area contributed by atoms with Crippen molar-refractivity contribution >= 4 is 28.3 Å². The summed E-state index contributed by atoms with van der Waals surface area (Å²) in [5.74, 6) is 1.76. The Labute approximate surface area is 167 Å². The van der Waals surface area contributed by atoms with Crippen LogP contribution in [0.2, 0.25) is 0 Å². The summed E-state index contributed by atoms with van der Waals surface area (Å²) in [6.45, 7) is 0.529. The molecular weight excluding hydrogens is 378 g/mol. The van der Waals surface area contributed by atoms with E-state index in [1.54, 1.807) is 32.7 Å². The Balaban J connectivity index is 1.46. The average molecular weight is 399 g/mol. The second-order valence-corrected chi connectivity index (χ2v) is 6.67. The van der Waals surface area contributed by atoms with Crippen molar-refractivity contribution in [2.24, 2.45) is 0 Å². The fraction of sp³-hybridized carbons (Fsp3) is 0.263. The van der Waals surface area contributed by atoms with Crippen molar-refractivity contribution in [1.82, 2.24) is 20.3 Å². The molecule has 0 aliphatic carbocycles. The van der Waals surface area contributed by atoms with Crippen molar-refractivity contribution in [3.8, 4) is 11.5 Å². The summed E-state index contributed by atoms with van der Waals surface area (Å²) >= 11 is 1.41. The second kappa shape index (κ2) is 9.65. The molecule has 0 atom stereocenters. The van der Waals surface area contributed by atoms with E-state index >= 15 is 0 Å². The van der Waals surface area contributed by atoms with Crippen LogP contribution in [0.15, 0.2) is 42.0 Å². The molecule has 0 unspecified atom stereocenters. The monoisotopic (exact) mass is 399 g/mol. The standard InChI is InChI=1S/C19H21N5O3S/c1-26-15-5-4-13(10-16(15)27-2)6-9-20-17(25)11-14-12-28-19(23-14)24-18-21-7-3-8-22-18/h3-5,7-8,10,12H,6,9,11H2,1-2H3,(H,20,25)(H,21,22,23,24). The third kappa shape index (κ3) is 5.40. The minimum Gasteiger partial charge on any atom is -0.493 e. The minimum absolute atomic E-state index is 0.0757. The zero-order valence-corrected chi connectivity index (χ0v) is 16.5. The molecule has 9 heteroatoms. The Hall–Kier alpha value is -3.20. The number of hydrogen-bond acceptors (Lipinski definition) is 8. The van der Waals surface area contributed by atoms with Gasteiger partial charge in [0.2, 0.25) is 11.9 Å². The van der Waals surface area contributed by atoms with Gasteiger partial charge in [-0.15, -0.1) is 11.3 Å². The fourth-order valence-corrected chi connectivity index (χ4v) is 3.22. The van der Waals surface area contributed by atoms with Crippen molar-refractivity contribution < 1.29 is 14.3 Å². The van der Waals surface area contributed by atoms with Crippen molar-refractivity contribution in [2.75, 3.05) is 26.1 Å². The number of rotatable bonds is 9. The molecule has 3 rings (SSSR count). The predicted molar refractivity (Wildman–Crippen MR) is 107 cm³/mol. The van der Waals surface area contributed by atoms with Crippen LogP contribution in [0.1, 0.15) is 11.3 Å². The first-order chi connectivity index (χ1) is 13.7. The first kappa shape index (κ1) is 19.6. The van der Waals surface area contributed by atoms with Gasteiger partial charge in [0.25, 0.3) is 0 Å². The quantitative estimate of drug-likeness (QED) is 0.571. The molecule has 2 heterocycles. The Bertz CT molecular complexity index is 917. The maximum Gasteiger partial charge on any atom is 0.228 e. The van der Waals surface area contributed by atoms with Gasteiger partial charge >= 0.3 is 0 Å². The molecule has 0 spiro atoms. The normalized spacial score (nSPS) is 10.4. The lowest BCUT2D eigenvalue weighted by Gasteiger charge is -2.10. The molecule has 28 heavy (non-hydrogen) atoms. The second-order valence-electron chi connectivity index (χ2n) is 5.81. The first-order valence-corrected chi connectivity index (χ1v) is 9.52. The Kier molecular flexibility index (Phi) is 6.74. The molecule has 1 aromatic carbocycles. The molecule has 1 amide bonds. The van der Waals surface area contributed by atoms with E-state index in [0.717, 1.165) is 5.56 Å². The van der Waals surface area contributed by atoms with E-state index in [0.29, 0.717) is 41.2 Å². The molecule has 2 aromatic heterocycles. The highest BCUT2D eigenvalue weighted by molar-refractivity contribution is 7.13. The number of benzene rings is 1. The first-order valence-electron chi connectivity index (χ1n) is 8.64. The summed E-state index contributed by atoms with van der Waals surface area (Å²) in [6.07, 6.45) is 4.21. The number of anilines is 2. The van der Waals surface area contributed by atoms with Gasteiger partial charge in [0.15, 0.2) is 16.6 Å². The van der Waals surface area contributed by atoms with E-state index in [1.807, 2.05) is 23.6 Å². The SMILES string of the molecule is COc1ccc(CCNC(=O)Cc2csc(Nc3ncccn3)n2)cc1OC. The van der Waals surface area contributed by atoms with Crippen molar-refractivity contribution in [3.63, 3.8) is 0 Å². The van der Waals surface area contributed by atoms with Gasteiger partial charge in [-0.1, -0.05) is 6.07 Å². The Morgan fingerprint density at radius 1 is 1.14 bits per heavy atom. The van der Waals surface area contributed by atoms with E-state index in [2.05, 4.69) is 25.6 Å². The lowest BCUT2D eigenvalue weighted by atomic mass is 10.1. The highest BCUT2D eigenvalue weighted by Crippen LogP contribution is 2.27. The van der Waals surface area contributed by atoms with Gasteiger partial charge in [-0.2, -0.15) is 0 Å². The fourth-order valence-electron chi connectivity index (χ4n) is 2.51. The number of methoxy groups -OCH3 is 2. The number of thiazole rings is 1. The maximum atomic E-state index is 12.2. The third-order valence-electron chi connectivity index (χ3n) is 3.86. The summed E-state index contributed by atoms with van der Waals surface area (Å²) in [6, 6.07) is 7.47. The van der Waals surface area contributed by atoms with Gasteiger partial charge in [0, 0.05) is 24.3 Å². The molecule has 0 saturated heterocycles. The molecule has 2 N–H and O–H groups in total. The maximum absolute atomic E-state index is 12.2. The molecule has 0 radical (unpaired) electrons. The van der Waals surface area contributed by atoms with Gasteiger partial charge < -0.3 is 20.1 Å². The molecule has 0 bridgehead atoms. The van der Waals surface area contributed by atoms with Gasteiger partial charge in [-0.3, -0.25) is 4.79 Å². The predicted octanol–water partition coefficient (Wildman–Crippen LogP) is 2.60. The van der Waals surface area contributed by atoms with Crippen LogP contribution in [0.4, 0.5) is 11.1 Å². The highest BCUT2D eigenvalue weighted by atomic mass is 32.1. The van der Waals surface area contributed by atoms with Crippen LogP contribution in [0.3, 0.4) is 0 Å². The van der Waals surface area contributed by atoms with Gasteiger partial charge in [0.05, 0.1) is 26.3 Å². The van der Waals surface area contributed by atoms with Crippen LogP contribution in [-0.2, 0) is 17.6 Å². The van der Waals surface area contributed by atoms with Crippen molar-refractivity contribution in [2.45, 2.75) is 12.8 Å². The number of nitrogens with zero attached hydrogens (tertiary/aromatic N) is 3. The number of nitrogens with one attached hydrogen (secondary N) is 2. The summed E-state index contributed by atoms with van der Waals surface area (Å²) in [4.78, 5) is 24.7. The minimum atomic E-state index is -0.0757. The zero-order chi connectivity index (χ0) is 19.8. The highest BCUT2D eigenvalue weighted by Gasteiger charge is 2.09. The Morgan fingerprint density at radius 2 is 1.93 bits per heavy atom. The van der Waals surface area contributed by atoms with Gasteiger partial charge in [-0.25, -0.2) is 15.0 Å². The molecule has 0 fully saturated rings. The molecule has 0 saturated carbocycles. The zero-order valence-electron chi connectivity index (χ0n) is 15.6. The van der Waals surface area contributed by atoms with E-state index in [9.17, 15) is 4.79 Å². The van der Waals surface area contributed by atoms with E-state index in [1.165, 1.54) is 11.3 Å². The summed E-state index contributed by atoms with van der Waals surface area (Å²) < 4.78 is 10.5. The molecular formula is C19H21N5O3S. The molecule has 0 aliphatic heterocycles. The number of carbonyl (C=O) groups is 1. The van der Waals surface area contributed by atoms with Crippen LogP contribution in [0.5, 0.6) is 11.5 Å². The lowest BCUT2D eigenvalue weighted by Crippen LogP contribution is -2.27.